The number of halogens is 2. The maximum atomic E-state index is 12.0. The molecule has 2 N–H and O–H groups in total. The maximum Gasteiger partial charge on any atom is 0.224 e. The summed E-state index contributed by atoms with van der Waals surface area (Å²) in [6, 6.07) is 4.07. The second kappa shape index (κ2) is 9.18. The van der Waals surface area contributed by atoms with Crippen LogP contribution in [0.1, 0.15) is 24.8 Å². The quantitative estimate of drug-likeness (QED) is 0.871. The monoisotopic (exact) mass is 346 g/mol. The van der Waals surface area contributed by atoms with Gasteiger partial charge in [-0.2, -0.15) is 0 Å². The first kappa shape index (κ1) is 19.0. The first-order valence-corrected chi connectivity index (χ1v) is 7.51. The van der Waals surface area contributed by atoms with Gasteiger partial charge in [-0.25, -0.2) is 4.98 Å². The topological polar surface area (TPSA) is 57.3 Å². The minimum absolute atomic E-state index is 0. The molecule has 0 radical (unpaired) electrons. The minimum Gasteiger partial charge on any atom is -0.357 e. The molecule has 5 nitrogen and oxygen atoms in total. The summed E-state index contributed by atoms with van der Waals surface area (Å²) in [5, 5.41) is 6.25. The highest BCUT2D eigenvalue weighted by Gasteiger charge is 2.22. The molecule has 0 spiro atoms. The summed E-state index contributed by atoms with van der Waals surface area (Å²) in [6.45, 7) is 4.54. The summed E-state index contributed by atoms with van der Waals surface area (Å²) in [7, 11) is 0. The number of carbonyl (C=O) groups excluding carboxylic acids is 1. The van der Waals surface area contributed by atoms with E-state index in [1.165, 1.54) is 12.8 Å². The molecule has 2 saturated heterocycles. The number of hydrogen-bond acceptors (Lipinski definition) is 4. The van der Waals surface area contributed by atoms with Crippen molar-refractivity contribution in [2.75, 3.05) is 31.1 Å². The van der Waals surface area contributed by atoms with Crippen LogP contribution in [0.4, 0.5) is 5.82 Å². The van der Waals surface area contributed by atoms with Gasteiger partial charge in [0, 0.05) is 32.4 Å². The van der Waals surface area contributed by atoms with Crippen LogP contribution in [0.15, 0.2) is 18.3 Å². The van der Waals surface area contributed by atoms with Gasteiger partial charge in [0.15, 0.2) is 0 Å². The zero-order valence-corrected chi connectivity index (χ0v) is 14.2. The molecule has 1 amide bonds. The van der Waals surface area contributed by atoms with Gasteiger partial charge in [0.2, 0.25) is 5.91 Å². The fraction of sp³-hybridized carbons (Fsp3) is 0.600. The number of rotatable bonds is 4. The first-order chi connectivity index (χ1) is 9.83. The molecule has 124 valence electrons. The molecule has 2 fully saturated rings. The van der Waals surface area contributed by atoms with Crippen molar-refractivity contribution in [3.8, 4) is 0 Å². The van der Waals surface area contributed by atoms with E-state index in [2.05, 4.69) is 26.6 Å². The summed E-state index contributed by atoms with van der Waals surface area (Å²) in [5.74, 6) is 1.33. The Morgan fingerprint density at radius 3 is 2.82 bits per heavy atom. The molecular formula is C15H24Cl2N4O. The highest BCUT2D eigenvalue weighted by molar-refractivity contribution is 5.85. The third kappa shape index (κ3) is 4.73. The van der Waals surface area contributed by atoms with Gasteiger partial charge in [-0.05, 0) is 43.5 Å². The van der Waals surface area contributed by atoms with Gasteiger partial charge in [0.05, 0.1) is 5.92 Å². The van der Waals surface area contributed by atoms with Gasteiger partial charge in [-0.3, -0.25) is 4.79 Å². The van der Waals surface area contributed by atoms with Crippen molar-refractivity contribution in [3.05, 3.63) is 23.9 Å². The molecule has 2 aliphatic heterocycles. The van der Waals surface area contributed by atoms with Gasteiger partial charge in [-0.1, -0.05) is 0 Å². The Hall–Kier alpha value is -1.04. The molecule has 3 heterocycles. The van der Waals surface area contributed by atoms with E-state index in [1.807, 2.05) is 12.3 Å². The van der Waals surface area contributed by atoms with Crippen LogP contribution in [0.3, 0.4) is 0 Å². The smallest absolute Gasteiger partial charge is 0.224 e. The SMILES string of the molecule is Cl.Cl.O=C(NCc1ccnc(N2CCCC2)c1)C1CCNC1. The van der Waals surface area contributed by atoms with Crippen molar-refractivity contribution in [2.45, 2.75) is 25.8 Å². The van der Waals surface area contributed by atoms with Crippen LogP contribution >= 0.6 is 24.8 Å². The standard InChI is InChI=1S/C15H22N4O.2ClH/c20-15(13-4-5-16-11-13)18-10-12-3-6-17-14(9-12)19-7-1-2-8-19;;/h3,6,9,13,16H,1-2,4-5,7-8,10-11H2,(H,18,20);2*1H. The van der Waals surface area contributed by atoms with Crippen LogP contribution in [-0.4, -0.2) is 37.1 Å². The molecule has 0 bridgehead atoms. The van der Waals surface area contributed by atoms with Gasteiger partial charge < -0.3 is 15.5 Å². The second-order valence-corrected chi connectivity index (χ2v) is 5.62. The number of nitrogens with zero attached hydrogens (tertiary/aromatic N) is 2. The average molecular weight is 347 g/mol. The molecule has 0 aromatic carbocycles. The molecule has 1 aromatic rings. The third-order valence-electron chi connectivity index (χ3n) is 4.14. The van der Waals surface area contributed by atoms with Crippen LogP contribution < -0.4 is 15.5 Å². The third-order valence-corrected chi connectivity index (χ3v) is 4.14. The van der Waals surface area contributed by atoms with Crippen molar-refractivity contribution in [2.24, 2.45) is 5.92 Å². The predicted molar refractivity (Wildman–Crippen MR) is 93.0 cm³/mol. The van der Waals surface area contributed by atoms with Crippen LogP contribution in [0.5, 0.6) is 0 Å². The van der Waals surface area contributed by atoms with Crippen molar-refractivity contribution >= 4 is 36.5 Å². The van der Waals surface area contributed by atoms with Crippen LogP contribution in [-0.2, 0) is 11.3 Å². The van der Waals surface area contributed by atoms with E-state index in [0.717, 1.165) is 44.0 Å². The van der Waals surface area contributed by atoms with E-state index in [4.69, 9.17) is 0 Å². The summed E-state index contributed by atoms with van der Waals surface area (Å²) < 4.78 is 0. The lowest BCUT2D eigenvalue weighted by Gasteiger charge is -2.17. The second-order valence-electron chi connectivity index (χ2n) is 5.62. The zero-order valence-electron chi connectivity index (χ0n) is 12.6. The summed E-state index contributed by atoms with van der Waals surface area (Å²) in [4.78, 5) is 18.7. The number of anilines is 1. The normalized spacial score (nSPS) is 20.2. The zero-order chi connectivity index (χ0) is 13.8. The maximum absolute atomic E-state index is 12.0. The number of amides is 1. The fourth-order valence-corrected chi connectivity index (χ4v) is 2.90. The Morgan fingerprint density at radius 1 is 1.36 bits per heavy atom. The lowest BCUT2D eigenvalue weighted by molar-refractivity contribution is -0.124. The van der Waals surface area contributed by atoms with Gasteiger partial charge >= 0.3 is 0 Å². The van der Waals surface area contributed by atoms with E-state index < -0.39 is 0 Å². The first-order valence-electron chi connectivity index (χ1n) is 7.51. The lowest BCUT2D eigenvalue weighted by Crippen LogP contribution is -2.31. The average Bonchev–Trinajstić information content (AvgIpc) is 3.17. The molecule has 0 aliphatic carbocycles. The Balaban J connectivity index is 0.00000121. The number of nitrogens with one attached hydrogen (secondary N) is 2. The number of pyridine rings is 1. The summed E-state index contributed by atoms with van der Waals surface area (Å²) >= 11 is 0. The van der Waals surface area contributed by atoms with Crippen molar-refractivity contribution in [1.29, 1.82) is 0 Å². The lowest BCUT2D eigenvalue weighted by atomic mass is 10.1. The van der Waals surface area contributed by atoms with Crippen molar-refractivity contribution in [3.63, 3.8) is 0 Å². The highest BCUT2D eigenvalue weighted by atomic mass is 35.5. The molecule has 2 aliphatic rings. The Labute approximate surface area is 144 Å². The molecule has 1 unspecified atom stereocenters. The number of carbonyl (C=O) groups is 1. The van der Waals surface area contributed by atoms with E-state index >= 15 is 0 Å². The van der Waals surface area contributed by atoms with E-state index in [9.17, 15) is 4.79 Å². The number of aromatic nitrogens is 1. The van der Waals surface area contributed by atoms with E-state index in [0.29, 0.717) is 6.54 Å². The molecule has 3 rings (SSSR count). The fourth-order valence-electron chi connectivity index (χ4n) is 2.90. The van der Waals surface area contributed by atoms with Crippen LogP contribution in [0.25, 0.3) is 0 Å². The molecule has 1 atom stereocenters. The van der Waals surface area contributed by atoms with Gasteiger partial charge in [0.1, 0.15) is 5.82 Å². The molecule has 7 heteroatoms. The minimum atomic E-state index is 0. The Kier molecular flexibility index (Phi) is 7.93. The highest BCUT2D eigenvalue weighted by Crippen LogP contribution is 2.18. The summed E-state index contributed by atoms with van der Waals surface area (Å²) in [5.41, 5.74) is 1.13. The molecule has 0 saturated carbocycles. The Bertz CT molecular complexity index is 474. The molecular weight excluding hydrogens is 323 g/mol. The summed E-state index contributed by atoms with van der Waals surface area (Å²) in [6.07, 6.45) is 5.28. The Morgan fingerprint density at radius 2 is 2.14 bits per heavy atom. The van der Waals surface area contributed by atoms with E-state index in [-0.39, 0.29) is 36.6 Å². The predicted octanol–water partition coefficient (Wildman–Crippen LogP) is 1.75. The number of hydrogen-bond donors (Lipinski definition) is 2. The largest absolute Gasteiger partial charge is 0.357 e. The van der Waals surface area contributed by atoms with E-state index in [1.54, 1.807) is 0 Å². The van der Waals surface area contributed by atoms with Gasteiger partial charge in [-0.15, -0.1) is 24.8 Å². The van der Waals surface area contributed by atoms with Crippen molar-refractivity contribution in [1.82, 2.24) is 15.6 Å². The van der Waals surface area contributed by atoms with Crippen LogP contribution in [0.2, 0.25) is 0 Å². The molecule has 22 heavy (non-hydrogen) atoms. The van der Waals surface area contributed by atoms with Crippen molar-refractivity contribution < 1.29 is 4.79 Å². The van der Waals surface area contributed by atoms with Gasteiger partial charge in [0.25, 0.3) is 0 Å². The van der Waals surface area contributed by atoms with Crippen LogP contribution in [0, 0.1) is 5.92 Å². The molecule has 1 aromatic heterocycles.